The first-order valence-electron chi connectivity index (χ1n) is 7.05. The van der Waals surface area contributed by atoms with Crippen LogP contribution in [0.4, 0.5) is 0 Å². The van der Waals surface area contributed by atoms with Crippen molar-refractivity contribution in [1.29, 1.82) is 0 Å². The molecule has 0 fully saturated rings. The van der Waals surface area contributed by atoms with Crippen molar-refractivity contribution in [3.05, 3.63) is 42.0 Å². The molecule has 118 valence electrons. The second-order valence-corrected chi connectivity index (χ2v) is 8.79. The zero-order chi connectivity index (χ0) is 16.5. The largest absolute Gasteiger partial charge is 0.297 e. The van der Waals surface area contributed by atoms with Crippen molar-refractivity contribution in [2.75, 3.05) is 6.61 Å². The lowest BCUT2D eigenvalue weighted by atomic mass is 9.75. The molecule has 0 bridgehead atoms. The molecule has 0 aliphatic rings. The maximum atomic E-state index is 12.5. The van der Waals surface area contributed by atoms with E-state index in [1.165, 1.54) is 6.08 Å². The van der Waals surface area contributed by atoms with Gasteiger partial charge >= 0.3 is 0 Å². The average Bonchev–Trinajstić information content (AvgIpc) is 2.33. The molecule has 0 unspecified atom stereocenters. The van der Waals surface area contributed by atoms with Crippen LogP contribution >= 0.6 is 0 Å². The third kappa shape index (κ3) is 4.17. The van der Waals surface area contributed by atoms with Crippen molar-refractivity contribution in [1.82, 2.24) is 0 Å². The topological polar surface area (TPSA) is 43.4 Å². The van der Waals surface area contributed by atoms with Gasteiger partial charge in [-0.2, -0.15) is 8.42 Å². The van der Waals surface area contributed by atoms with Gasteiger partial charge in [-0.05, 0) is 28.0 Å². The molecule has 4 heteroatoms. The first-order valence-corrected chi connectivity index (χ1v) is 8.46. The van der Waals surface area contributed by atoms with Crippen molar-refractivity contribution in [3.8, 4) is 0 Å². The van der Waals surface area contributed by atoms with Crippen LogP contribution in [-0.2, 0) is 25.1 Å². The van der Waals surface area contributed by atoms with Crippen LogP contribution < -0.4 is 0 Å². The highest BCUT2D eigenvalue weighted by atomic mass is 32.2. The standard InChI is InChI=1S/C17H26O3S/c1-8-12-20-21(18,19)14-11-9-10-13(16(2,3)4)15(14)17(5,6)7/h8-11H,1,12H2,2-7H3. The maximum absolute atomic E-state index is 12.5. The fourth-order valence-electron chi connectivity index (χ4n) is 2.34. The van der Waals surface area contributed by atoms with Gasteiger partial charge in [0, 0.05) is 0 Å². The van der Waals surface area contributed by atoms with Crippen molar-refractivity contribution < 1.29 is 12.6 Å². The molecule has 0 aliphatic heterocycles. The van der Waals surface area contributed by atoms with Crippen LogP contribution in [0.5, 0.6) is 0 Å². The van der Waals surface area contributed by atoms with E-state index in [-0.39, 0.29) is 22.3 Å². The summed E-state index contributed by atoms with van der Waals surface area (Å²) in [7, 11) is -3.79. The Labute approximate surface area is 129 Å². The molecule has 0 radical (unpaired) electrons. The summed E-state index contributed by atoms with van der Waals surface area (Å²) < 4.78 is 30.0. The zero-order valence-corrected chi connectivity index (χ0v) is 14.7. The highest BCUT2D eigenvalue weighted by molar-refractivity contribution is 7.86. The Kier molecular flexibility index (Phi) is 5.06. The minimum Gasteiger partial charge on any atom is -0.262 e. The van der Waals surface area contributed by atoms with Crippen LogP contribution in [0.1, 0.15) is 52.7 Å². The van der Waals surface area contributed by atoms with Crippen molar-refractivity contribution in [2.45, 2.75) is 57.3 Å². The monoisotopic (exact) mass is 310 g/mol. The number of hydrogen-bond acceptors (Lipinski definition) is 3. The fourth-order valence-corrected chi connectivity index (χ4v) is 3.65. The van der Waals surface area contributed by atoms with Crippen LogP contribution in [0, 0.1) is 0 Å². The van der Waals surface area contributed by atoms with E-state index in [9.17, 15) is 8.42 Å². The Balaban J connectivity index is 3.65. The van der Waals surface area contributed by atoms with Gasteiger partial charge in [0.1, 0.15) is 0 Å². The molecule has 0 aromatic heterocycles. The molecule has 0 saturated heterocycles. The first kappa shape index (κ1) is 17.9. The molecule has 1 aromatic carbocycles. The smallest absolute Gasteiger partial charge is 0.262 e. The average molecular weight is 310 g/mol. The summed E-state index contributed by atoms with van der Waals surface area (Å²) in [5.74, 6) is 0. The first-order chi connectivity index (χ1) is 9.41. The van der Waals surface area contributed by atoms with Gasteiger partial charge in [0.15, 0.2) is 0 Å². The lowest BCUT2D eigenvalue weighted by molar-refractivity contribution is 0.355. The minimum atomic E-state index is -3.79. The minimum absolute atomic E-state index is 0.0222. The Hall–Kier alpha value is -1.13. The van der Waals surface area contributed by atoms with Gasteiger partial charge < -0.3 is 0 Å². The van der Waals surface area contributed by atoms with Crippen molar-refractivity contribution in [2.24, 2.45) is 0 Å². The van der Waals surface area contributed by atoms with Crippen LogP contribution in [0.15, 0.2) is 35.7 Å². The highest BCUT2D eigenvalue weighted by Crippen LogP contribution is 2.38. The molecule has 0 N–H and O–H groups in total. The quantitative estimate of drug-likeness (QED) is 0.619. The molecule has 21 heavy (non-hydrogen) atoms. The lowest BCUT2D eigenvalue weighted by Crippen LogP contribution is -2.25. The summed E-state index contributed by atoms with van der Waals surface area (Å²) in [5.41, 5.74) is 1.40. The van der Waals surface area contributed by atoms with E-state index in [0.29, 0.717) is 0 Å². The van der Waals surface area contributed by atoms with Crippen LogP contribution in [-0.4, -0.2) is 15.0 Å². The fraction of sp³-hybridized carbons (Fsp3) is 0.529. The summed E-state index contributed by atoms with van der Waals surface area (Å²) in [6, 6.07) is 5.39. The van der Waals surface area contributed by atoms with Gasteiger partial charge in [0.05, 0.1) is 11.5 Å². The van der Waals surface area contributed by atoms with E-state index in [4.69, 9.17) is 4.18 Å². The van der Waals surface area contributed by atoms with Crippen molar-refractivity contribution in [3.63, 3.8) is 0 Å². The van der Waals surface area contributed by atoms with Crippen LogP contribution in [0.25, 0.3) is 0 Å². The van der Waals surface area contributed by atoms with Gasteiger partial charge in [0.2, 0.25) is 0 Å². The van der Waals surface area contributed by atoms with Crippen LogP contribution in [0.2, 0.25) is 0 Å². The molecule has 0 spiro atoms. The van der Waals surface area contributed by atoms with Crippen LogP contribution in [0.3, 0.4) is 0 Å². The lowest BCUT2D eigenvalue weighted by Gasteiger charge is -2.31. The third-order valence-electron chi connectivity index (χ3n) is 3.19. The predicted octanol–water partition coefficient (Wildman–Crippen LogP) is 4.17. The molecular weight excluding hydrogens is 284 g/mol. The molecule has 0 atom stereocenters. The molecule has 0 amide bonds. The van der Waals surface area contributed by atoms with Gasteiger partial charge in [-0.1, -0.05) is 59.8 Å². The number of benzene rings is 1. The Morgan fingerprint density at radius 1 is 1.10 bits per heavy atom. The second kappa shape index (κ2) is 5.93. The van der Waals surface area contributed by atoms with Gasteiger partial charge in [0.25, 0.3) is 10.1 Å². The second-order valence-electron chi connectivity index (χ2n) is 7.21. The highest BCUT2D eigenvalue weighted by Gasteiger charge is 2.32. The summed E-state index contributed by atoms with van der Waals surface area (Å²) in [6.45, 7) is 15.8. The molecule has 3 nitrogen and oxygen atoms in total. The number of rotatable bonds is 4. The molecule has 0 saturated carbocycles. The van der Waals surface area contributed by atoms with Gasteiger partial charge in [-0.3, -0.25) is 4.18 Å². The summed E-state index contributed by atoms with van der Waals surface area (Å²) in [6.07, 6.45) is 1.43. The van der Waals surface area contributed by atoms with E-state index in [2.05, 4.69) is 27.4 Å². The molecule has 0 aliphatic carbocycles. The Bertz CT molecular complexity index is 614. The molecule has 0 heterocycles. The summed E-state index contributed by atoms with van der Waals surface area (Å²) in [4.78, 5) is 0.254. The summed E-state index contributed by atoms with van der Waals surface area (Å²) in [5, 5.41) is 0. The molecule has 1 aromatic rings. The van der Waals surface area contributed by atoms with E-state index in [0.717, 1.165) is 11.1 Å². The van der Waals surface area contributed by atoms with Crippen molar-refractivity contribution >= 4 is 10.1 Å². The normalized spacial score (nSPS) is 13.2. The molecule has 1 rings (SSSR count). The zero-order valence-electron chi connectivity index (χ0n) is 13.9. The van der Waals surface area contributed by atoms with E-state index >= 15 is 0 Å². The molecular formula is C17H26O3S. The van der Waals surface area contributed by atoms with E-state index < -0.39 is 10.1 Å². The summed E-state index contributed by atoms with van der Waals surface area (Å²) >= 11 is 0. The Morgan fingerprint density at radius 2 is 1.67 bits per heavy atom. The number of hydrogen-bond donors (Lipinski definition) is 0. The van der Waals surface area contributed by atoms with Gasteiger partial charge in [-0.15, -0.1) is 6.58 Å². The SMILES string of the molecule is C=CCOS(=O)(=O)c1cccc(C(C)(C)C)c1C(C)(C)C. The maximum Gasteiger partial charge on any atom is 0.297 e. The van der Waals surface area contributed by atoms with E-state index in [1.807, 2.05) is 26.8 Å². The predicted molar refractivity (Wildman–Crippen MR) is 87.2 cm³/mol. The Morgan fingerprint density at radius 3 is 2.10 bits per heavy atom. The van der Waals surface area contributed by atoms with Gasteiger partial charge in [-0.25, -0.2) is 0 Å². The third-order valence-corrected chi connectivity index (χ3v) is 4.52. The van der Waals surface area contributed by atoms with E-state index in [1.54, 1.807) is 12.1 Å².